The predicted octanol–water partition coefficient (Wildman–Crippen LogP) is 4.72. The molecule has 3 rings (SSSR count). The minimum atomic E-state index is -1.80. The third kappa shape index (κ3) is 3.53. The topological polar surface area (TPSA) is 55.2 Å². The Morgan fingerprint density at radius 3 is 2.20 bits per heavy atom. The van der Waals surface area contributed by atoms with Gasteiger partial charge in [0.15, 0.2) is 5.82 Å². The Balaban J connectivity index is 2.24. The maximum atomic E-state index is 11.2. The van der Waals surface area contributed by atoms with Gasteiger partial charge in [0.05, 0.1) is 18.3 Å². The van der Waals surface area contributed by atoms with Crippen molar-refractivity contribution < 1.29 is 9.84 Å². The number of para-hydroxylation sites is 1. The number of halogens is 3. The number of methoxy groups -OCH3 is 1. The lowest BCUT2D eigenvalue weighted by atomic mass is 9.90. The smallest absolute Gasteiger partial charge is 0.250 e. The van der Waals surface area contributed by atoms with Crippen molar-refractivity contribution in [1.82, 2.24) is 9.97 Å². The van der Waals surface area contributed by atoms with Crippen LogP contribution in [0.3, 0.4) is 0 Å². The van der Waals surface area contributed by atoms with Gasteiger partial charge in [-0.1, -0.05) is 65.1 Å². The molecule has 3 aromatic rings. The Hall–Kier alpha value is -1.59. The number of nitrogens with zero attached hydrogens (tertiary/aromatic N) is 2. The molecule has 1 aromatic heterocycles. The molecule has 1 N–H and O–H groups in total. The van der Waals surface area contributed by atoms with Crippen molar-refractivity contribution in [2.75, 3.05) is 7.11 Å². The summed E-state index contributed by atoms with van der Waals surface area (Å²) in [4.78, 5) is 8.68. The Morgan fingerprint density at radius 1 is 0.960 bits per heavy atom. The van der Waals surface area contributed by atoms with Gasteiger partial charge >= 0.3 is 0 Å². The van der Waals surface area contributed by atoms with E-state index in [0.29, 0.717) is 27.9 Å². The zero-order chi connectivity index (χ0) is 18.2. The van der Waals surface area contributed by atoms with Gasteiger partial charge in [0.2, 0.25) is 3.79 Å². The molecule has 0 radical (unpaired) electrons. The molecule has 130 valence electrons. The van der Waals surface area contributed by atoms with E-state index in [1.807, 2.05) is 18.2 Å². The summed E-state index contributed by atoms with van der Waals surface area (Å²) in [6, 6.07) is 14.3. The van der Waals surface area contributed by atoms with Crippen molar-refractivity contribution in [3.63, 3.8) is 0 Å². The maximum Gasteiger partial charge on any atom is 0.250 e. The van der Waals surface area contributed by atoms with Gasteiger partial charge in [-0.15, -0.1) is 0 Å². The second-order valence-electron chi connectivity index (χ2n) is 5.71. The highest BCUT2D eigenvalue weighted by Gasteiger charge is 2.34. The second kappa shape index (κ2) is 6.61. The van der Waals surface area contributed by atoms with E-state index in [-0.39, 0.29) is 5.82 Å². The minimum Gasteiger partial charge on any atom is -0.497 e. The van der Waals surface area contributed by atoms with Crippen LogP contribution in [0.4, 0.5) is 0 Å². The van der Waals surface area contributed by atoms with Crippen molar-refractivity contribution in [3.05, 3.63) is 65.6 Å². The first kappa shape index (κ1) is 18.2. The molecule has 0 aliphatic rings. The van der Waals surface area contributed by atoms with E-state index in [1.165, 1.54) is 0 Å². The van der Waals surface area contributed by atoms with Gasteiger partial charge in [0.25, 0.3) is 0 Å². The van der Waals surface area contributed by atoms with Crippen LogP contribution in [0.5, 0.6) is 5.75 Å². The van der Waals surface area contributed by atoms with E-state index in [0.717, 1.165) is 0 Å². The zero-order valence-corrected chi connectivity index (χ0v) is 15.8. The van der Waals surface area contributed by atoms with E-state index in [1.54, 1.807) is 44.4 Å². The van der Waals surface area contributed by atoms with Crippen LogP contribution >= 0.6 is 34.8 Å². The second-order valence-corrected chi connectivity index (χ2v) is 7.99. The lowest BCUT2D eigenvalue weighted by Gasteiger charge is -2.26. The monoisotopic (exact) mass is 396 g/mol. The van der Waals surface area contributed by atoms with Crippen molar-refractivity contribution in [1.29, 1.82) is 0 Å². The average Bonchev–Trinajstić information content (AvgIpc) is 2.60. The Kier molecular flexibility index (Phi) is 4.82. The summed E-state index contributed by atoms with van der Waals surface area (Å²) in [6.07, 6.45) is 0. The van der Waals surface area contributed by atoms with Crippen molar-refractivity contribution in [3.8, 4) is 5.75 Å². The van der Waals surface area contributed by atoms with Gasteiger partial charge in [-0.3, -0.25) is 0 Å². The van der Waals surface area contributed by atoms with E-state index in [2.05, 4.69) is 9.97 Å². The number of hydrogen-bond donors (Lipinski definition) is 1. The molecule has 25 heavy (non-hydrogen) atoms. The largest absolute Gasteiger partial charge is 0.497 e. The Bertz CT molecular complexity index is 906. The van der Waals surface area contributed by atoms with E-state index < -0.39 is 9.39 Å². The fourth-order valence-electron chi connectivity index (χ4n) is 2.63. The van der Waals surface area contributed by atoms with Crippen LogP contribution in [0.2, 0.25) is 0 Å². The van der Waals surface area contributed by atoms with Crippen LogP contribution in [-0.4, -0.2) is 22.2 Å². The summed E-state index contributed by atoms with van der Waals surface area (Å²) in [5, 5.41) is 11.9. The van der Waals surface area contributed by atoms with Gasteiger partial charge in [-0.05, 0) is 30.7 Å². The highest BCUT2D eigenvalue weighted by Crippen LogP contribution is 2.39. The third-order valence-electron chi connectivity index (χ3n) is 3.97. The minimum absolute atomic E-state index is 0.0139. The molecule has 4 nitrogen and oxygen atoms in total. The van der Waals surface area contributed by atoms with Crippen LogP contribution < -0.4 is 4.74 Å². The first-order valence-corrected chi connectivity index (χ1v) is 8.58. The van der Waals surface area contributed by atoms with Gasteiger partial charge in [0, 0.05) is 5.39 Å². The summed E-state index contributed by atoms with van der Waals surface area (Å²) >= 11 is 17.9. The number of ether oxygens (including phenoxy) is 1. The summed E-state index contributed by atoms with van der Waals surface area (Å²) in [5.74, 6) is 0.703. The molecule has 0 saturated heterocycles. The quantitative estimate of drug-likeness (QED) is 0.650. The van der Waals surface area contributed by atoms with E-state index >= 15 is 0 Å². The third-order valence-corrected chi connectivity index (χ3v) is 4.48. The first-order valence-electron chi connectivity index (χ1n) is 7.45. The average molecular weight is 398 g/mol. The number of aliphatic hydroxyl groups is 1. The highest BCUT2D eigenvalue weighted by atomic mass is 35.6. The maximum absolute atomic E-state index is 11.2. The molecule has 0 amide bonds. The van der Waals surface area contributed by atoms with Gasteiger partial charge in [-0.25, -0.2) is 9.97 Å². The number of fused-ring (bicyclic) bond motifs is 1. The molecule has 0 aliphatic carbocycles. The number of hydrogen-bond acceptors (Lipinski definition) is 4. The van der Waals surface area contributed by atoms with E-state index in [9.17, 15) is 5.11 Å². The zero-order valence-electron chi connectivity index (χ0n) is 13.5. The fraction of sp³-hybridized carbons (Fsp3) is 0.222. The SMILES string of the molecule is COc1ccc(C(C)(O)c2nc(C(Cl)(Cl)Cl)nc3ccccc23)cc1. The molecule has 7 heteroatoms. The summed E-state index contributed by atoms with van der Waals surface area (Å²) in [5.41, 5.74) is 0.166. The van der Waals surface area contributed by atoms with Crippen LogP contribution in [0, 0.1) is 0 Å². The van der Waals surface area contributed by atoms with Crippen LogP contribution in [-0.2, 0) is 9.39 Å². The van der Waals surface area contributed by atoms with Gasteiger partial charge in [-0.2, -0.15) is 0 Å². The molecule has 1 atom stereocenters. The molecular formula is C18H15Cl3N2O2. The fourth-order valence-corrected chi connectivity index (χ4v) is 2.88. The summed E-state index contributed by atoms with van der Waals surface area (Å²) in [7, 11) is 1.58. The van der Waals surface area contributed by atoms with Crippen molar-refractivity contribution in [2.24, 2.45) is 0 Å². The molecule has 2 aromatic carbocycles. The standard InChI is InChI=1S/C18H15Cl3N2O2/c1-17(24,11-7-9-12(25-2)10-8-11)15-13-5-3-4-6-14(13)22-16(23-15)18(19,20)21/h3-10,24H,1-2H3. The summed E-state index contributed by atoms with van der Waals surface area (Å²) < 4.78 is 3.37. The predicted molar refractivity (Wildman–Crippen MR) is 100 cm³/mol. The highest BCUT2D eigenvalue weighted by molar-refractivity contribution is 6.66. The molecule has 0 spiro atoms. The molecule has 1 unspecified atom stereocenters. The molecule has 1 heterocycles. The molecular weight excluding hydrogens is 383 g/mol. The number of rotatable bonds is 3. The van der Waals surface area contributed by atoms with Crippen molar-refractivity contribution >= 4 is 45.7 Å². The van der Waals surface area contributed by atoms with Crippen LogP contribution in [0.1, 0.15) is 24.0 Å². The molecule has 0 aliphatic heterocycles. The van der Waals surface area contributed by atoms with E-state index in [4.69, 9.17) is 39.5 Å². The van der Waals surface area contributed by atoms with Crippen LogP contribution in [0.15, 0.2) is 48.5 Å². The lowest BCUT2D eigenvalue weighted by Crippen LogP contribution is -2.26. The number of benzene rings is 2. The molecule has 0 saturated carbocycles. The van der Waals surface area contributed by atoms with Crippen LogP contribution in [0.25, 0.3) is 10.9 Å². The first-order chi connectivity index (χ1) is 11.7. The number of alkyl halides is 3. The van der Waals surface area contributed by atoms with Gasteiger partial charge in [0.1, 0.15) is 11.4 Å². The number of aromatic nitrogens is 2. The normalized spacial score (nSPS) is 14.3. The van der Waals surface area contributed by atoms with Gasteiger partial charge < -0.3 is 9.84 Å². The molecule has 0 fully saturated rings. The van der Waals surface area contributed by atoms with Crippen molar-refractivity contribution in [2.45, 2.75) is 16.3 Å². The Labute approximate surface area is 160 Å². The Morgan fingerprint density at radius 2 is 1.60 bits per heavy atom. The lowest BCUT2D eigenvalue weighted by molar-refractivity contribution is 0.0987. The molecule has 0 bridgehead atoms. The summed E-state index contributed by atoms with van der Waals surface area (Å²) in [6.45, 7) is 1.64.